The minimum Gasteiger partial charge on any atom is -0.364 e. The summed E-state index contributed by atoms with van der Waals surface area (Å²) >= 11 is 5.90. The Bertz CT molecular complexity index is 340. The molecule has 0 bridgehead atoms. The van der Waals surface area contributed by atoms with Crippen molar-refractivity contribution in [1.29, 1.82) is 0 Å². The van der Waals surface area contributed by atoms with Crippen molar-refractivity contribution in [3.63, 3.8) is 0 Å². The summed E-state index contributed by atoms with van der Waals surface area (Å²) in [6, 6.07) is 1.74. The van der Waals surface area contributed by atoms with E-state index in [0.29, 0.717) is 17.5 Å². The van der Waals surface area contributed by atoms with Crippen LogP contribution in [0.15, 0.2) is 16.9 Å². The Morgan fingerprint density at radius 3 is 3.06 bits per heavy atom. The first-order chi connectivity index (χ1) is 7.81. The Morgan fingerprint density at radius 2 is 2.38 bits per heavy atom. The molecule has 0 spiro atoms. The van der Waals surface area contributed by atoms with Gasteiger partial charge >= 0.3 is 0 Å². The van der Waals surface area contributed by atoms with E-state index in [9.17, 15) is 4.79 Å². The summed E-state index contributed by atoms with van der Waals surface area (Å²) in [5.74, 6) is 0.811. The number of halogens is 1. The lowest BCUT2D eigenvalue weighted by Gasteiger charge is -2.30. The Balaban J connectivity index is 1.95. The predicted molar refractivity (Wildman–Crippen MR) is 60.4 cm³/mol. The lowest BCUT2D eigenvalue weighted by Crippen LogP contribution is -2.42. The van der Waals surface area contributed by atoms with Gasteiger partial charge in [0.15, 0.2) is 5.69 Å². The van der Waals surface area contributed by atoms with Crippen LogP contribution in [0.25, 0.3) is 0 Å². The van der Waals surface area contributed by atoms with E-state index in [1.807, 2.05) is 0 Å². The molecule has 1 aliphatic carbocycles. The molecule has 88 valence electrons. The largest absolute Gasteiger partial charge is 0.364 e. The van der Waals surface area contributed by atoms with Gasteiger partial charge in [-0.25, -0.2) is 0 Å². The van der Waals surface area contributed by atoms with Crippen molar-refractivity contribution >= 4 is 17.5 Å². The van der Waals surface area contributed by atoms with Gasteiger partial charge in [0, 0.05) is 18.0 Å². The van der Waals surface area contributed by atoms with Gasteiger partial charge < -0.3 is 9.84 Å². The SMILES string of the molecule is O=C(NC1CCCCC1CCl)c1ccon1. The van der Waals surface area contributed by atoms with Crippen LogP contribution >= 0.6 is 11.6 Å². The molecule has 5 heteroatoms. The van der Waals surface area contributed by atoms with Crippen LogP contribution in [0, 0.1) is 5.92 Å². The Kier molecular flexibility index (Phi) is 3.83. The number of hydrogen-bond donors (Lipinski definition) is 1. The highest BCUT2D eigenvalue weighted by atomic mass is 35.5. The Labute approximate surface area is 99.3 Å². The van der Waals surface area contributed by atoms with E-state index in [1.54, 1.807) is 6.07 Å². The number of amides is 1. The van der Waals surface area contributed by atoms with Gasteiger partial charge in [-0.1, -0.05) is 18.0 Å². The first-order valence-corrected chi connectivity index (χ1v) is 6.12. The van der Waals surface area contributed by atoms with Crippen molar-refractivity contribution in [2.45, 2.75) is 31.7 Å². The molecule has 1 N–H and O–H groups in total. The highest BCUT2D eigenvalue weighted by Gasteiger charge is 2.26. The molecule has 4 nitrogen and oxygen atoms in total. The second-order valence-corrected chi connectivity index (χ2v) is 4.47. The first-order valence-electron chi connectivity index (χ1n) is 5.58. The van der Waals surface area contributed by atoms with Crippen molar-refractivity contribution < 1.29 is 9.32 Å². The van der Waals surface area contributed by atoms with Gasteiger partial charge in [0.1, 0.15) is 6.26 Å². The second-order valence-electron chi connectivity index (χ2n) is 4.16. The third kappa shape index (κ3) is 2.55. The molecule has 1 aliphatic rings. The molecule has 2 unspecified atom stereocenters. The van der Waals surface area contributed by atoms with E-state index in [2.05, 4.69) is 15.0 Å². The average Bonchev–Trinajstić information content (AvgIpc) is 2.83. The third-order valence-corrected chi connectivity index (χ3v) is 3.49. The summed E-state index contributed by atoms with van der Waals surface area (Å²) in [7, 11) is 0. The van der Waals surface area contributed by atoms with Crippen molar-refractivity contribution in [2.24, 2.45) is 5.92 Å². The summed E-state index contributed by atoms with van der Waals surface area (Å²) in [6.07, 6.45) is 5.84. The third-order valence-electron chi connectivity index (χ3n) is 3.09. The lowest BCUT2D eigenvalue weighted by atomic mass is 9.85. The highest BCUT2D eigenvalue weighted by Crippen LogP contribution is 2.25. The second kappa shape index (κ2) is 5.34. The maximum atomic E-state index is 11.8. The summed E-state index contributed by atoms with van der Waals surface area (Å²) in [4.78, 5) is 11.8. The molecule has 1 aromatic rings. The quantitative estimate of drug-likeness (QED) is 0.827. The molecule has 2 atom stereocenters. The Morgan fingerprint density at radius 1 is 1.56 bits per heavy atom. The molecule has 1 heterocycles. The zero-order valence-electron chi connectivity index (χ0n) is 8.99. The van der Waals surface area contributed by atoms with Crippen molar-refractivity contribution in [3.8, 4) is 0 Å². The zero-order valence-corrected chi connectivity index (χ0v) is 9.74. The molecule has 0 radical (unpaired) electrons. The van der Waals surface area contributed by atoms with Crippen LogP contribution in [0.2, 0.25) is 0 Å². The Hall–Kier alpha value is -1.03. The number of nitrogens with zero attached hydrogens (tertiary/aromatic N) is 1. The molecule has 1 fully saturated rings. The van der Waals surface area contributed by atoms with Crippen LogP contribution in [0.1, 0.15) is 36.2 Å². The van der Waals surface area contributed by atoms with Crippen LogP contribution in [-0.2, 0) is 0 Å². The zero-order chi connectivity index (χ0) is 11.4. The van der Waals surface area contributed by atoms with Crippen LogP contribution < -0.4 is 5.32 Å². The summed E-state index contributed by atoms with van der Waals surface area (Å²) in [5.41, 5.74) is 0.332. The van der Waals surface area contributed by atoms with Gasteiger partial charge in [-0.3, -0.25) is 4.79 Å². The standard InChI is InChI=1S/C11H15ClN2O2/c12-7-8-3-1-2-4-9(8)13-11(15)10-5-6-16-14-10/h5-6,8-9H,1-4,7H2,(H,13,15). The maximum Gasteiger partial charge on any atom is 0.273 e. The number of aromatic nitrogens is 1. The van der Waals surface area contributed by atoms with E-state index in [4.69, 9.17) is 11.6 Å². The van der Waals surface area contributed by atoms with Crippen LogP contribution in [0.4, 0.5) is 0 Å². The van der Waals surface area contributed by atoms with Crippen LogP contribution in [-0.4, -0.2) is 23.0 Å². The van der Waals surface area contributed by atoms with Gasteiger partial charge in [0.2, 0.25) is 0 Å². The molecule has 0 aromatic carbocycles. The topological polar surface area (TPSA) is 55.1 Å². The number of alkyl halides is 1. The monoisotopic (exact) mass is 242 g/mol. The normalized spacial score (nSPS) is 25.3. The van der Waals surface area contributed by atoms with E-state index < -0.39 is 0 Å². The molecule has 1 aromatic heterocycles. The number of carbonyl (C=O) groups is 1. The highest BCUT2D eigenvalue weighted by molar-refractivity contribution is 6.18. The number of carbonyl (C=O) groups excluding carboxylic acids is 1. The van der Waals surface area contributed by atoms with Crippen molar-refractivity contribution in [1.82, 2.24) is 10.5 Å². The van der Waals surface area contributed by atoms with E-state index in [1.165, 1.54) is 12.7 Å². The molecule has 1 amide bonds. The van der Waals surface area contributed by atoms with Gasteiger partial charge in [-0.15, -0.1) is 11.6 Å². The predicted octanol–water partition coefficient (Wildman–Crippen LogP) is 2.20. The maximum absolute atomic E-state index is 11.8. The fraction of sp³-hybridized carbons (Fsp3) is 0.636. The van der Waals surface area contributed by atoms with Gasteiger partial charge in [-0.05, 0) is 18.8 Å². The molecule has 0 saturated heterocycles. The minimum absolute atomic E-state index is 0.171. The molecular formula is C11H15ClN2O2. The smallest absolute Gasteiger partial charge is 0.273 e. The van der Waals surface area contributed by atoms with Crippen LogP contribution in [0.5, 0.6) is 0 Å². The van der Waals surface area contributed by atoms with E-state index in [0.717, 1.165) is 19.3 Å². The van der Waals surface area contributed by atoms with E-state index in [-0.39, 0.29) is 11.9 Å². The van der Waals surface area contributed by atoms with Crippen LogP contribution in [0.3, 0.4) is 0 Å². The van der Waals surface area contributed by atoms with E-state index >= 15 is 0 Å². The van der Waals surface area contributed by atoms with Gasteiger partial charge in [-0.2, -0.15) is 0 Å². The van der Waals surface area contributed by atoms with Gasteiger partial charge in [0.05, 0.1) is 0 Å². The first kappa shape index (κ1) is 11.5. The summed E-state index contributed by atoms with van der Waals surface area (Å²) < 4.78 is 4.64. The number of hydrogen-bond acceptors (Lipinski definition) is 3. The number of nitrogens with one attached hydrogen (secondary N) is 1. The molecule has 1 saturated carbocycles. The lowest BCUT2D eigenvalue weighted by molar-refractivity contribution is 0.0902. The van der Waals surface area contributed by atoms with Crippen molar-refractivity contribution in [2.75, 3.05) is 5.88 Å². The molecule has 2 rings (SSSR count). The van der Waals surface area contributed by atoms with Crippen molar-refractivity contribution in [3.05, 3.63) is 18.0 Å². The van der Waals surface area contributed by atoms with Gasteiger partial charge in [0.25, 0.3) is 5.91 Å². The molecule has 0 aliphatic heterocycles. The summed E-state index contributed by atoms with van der Waals surface area (Å²) in [5, 5.41) is 6.59. The molecular weight excluding hydrogens is 228 g/mol. The number of rotatable bonds is 3. The minimum atomic E-state index is -0.171. The molecule has 16 heavy (non-hydrogen) atoms. The summed E-state index contributed by atoms with van der Waals surface area (Å²) in [6.45, 7) is 0. The fourth-order valence-corrected chi connectivity index (χ4v) is 2.52. The fourth-order valence-electron chi connectivity index (χ4n) is 2.15. The average molecular weight is 243 g/mol.